The summed E-state index contributed by atoms with van der Waals surface area (Å²) < 4.78 is 51.0. The van der Waals surface area contributed by atoms with Gasteiger partial charge < -0.3 is 109 Å². The molecule has 358 valence electrons. The van der Waals surface area contributed by atoms with E-state index in [1.807, 2.05) is 0 Å². The first-order chi connectivity index (χ1) is 31.4. The SMILES string of the molecule is COc1c(O)cc2oc(-c3ccc(O)c(O)c3)c(OC3OC(COC4OC(CO)C(O)C(O)C4OC(=O)C=Cc4ccc(O)cc4)C(O)C(O)C3OC3OCC(O)(CO)C3O)c(=O)c2c1O. The molecule has 3 saturated heterocycles. The number of fused-ring (bicyclic) bond motifs is 1. The van der Waals surface area contributed by atoms with Crippen LogP contribution in [0.1, 0.15) is 5.56 Å². The Morgan fingerprint density at radius 3 is 2.14 bits per heavy atom. The molecule has 4 aromatic rings. The number of methoxy groups -OCH3 is 1. The molecule has 13 atom stereocenters. The monoisotopic (exact) mass is 934 g/mol. The van der Waals surface area contributed by atoms with E-state index < -0.39 is 168 Å². The lowest BCUT2D eigenvalue weighted by Gasteiger charge is -2.44. The van der Waals surface area contributed by atoms with E-state index in [4.69, 9.17) is 42.3 Å². The van der Waals surface area contributed by atoms with Crippen molar-refractivity contribution in [3.8, 4) is 51.6 Å². The number of rotatable bonds is 14. The van der Waals surface area contributed by atoms with Crippen LogP contribution in [-0.4, -0.2) is 185 Å². The predicted octanol–water partition coefficient (Wildman–Crippen LogP) is -2.27. The highest BCUT2D eigenvalue weighted by molar-refractivity contribution is 5.91. The average molecular weight is 935 g/mol. The zero-order valence-electron chi connectivity index (χ0n) is 34.3. The van der Waals surface area contributed by atoms with Crippen molar-refractivity contribution in [1.82, 2.24) is 0 Å². The molecule has 13 unspecified atom stereocenters. The number of esters is 1. The molecule has 3 aliphatic heterocycles. The summed E-state index contributed by atoms with van der Waals surface area (Å²) in [6, 6.07) is 9.71. The highest BCUT2D eigenvalue weighted by Gasteiger charge is 2.55. The third kappa shape index (κ3) is 9.40. The summed E-state index contributed by atoms with van der Waals surface area (Å²) in [6.45, 7) is -3.44. The topological polar surface area (TPSA) is 384 Å². The van der Waals surface area contributed by atoms with E-state index in [2.05, 4.69) is 0 Å². The van der Waals surface area contributed by atoms with Gasteiger partial charge in [-0.05, 0) is 42.0 Å². The number of aliphatic hydroxyl groups is 8. The maximum absolute atomic E-state index is 14.4. The fraction of sp³-hybridized carbons (Fsp3) is 0.429. The van der Waals surface area contributed by atoms with Crippen LogP contribution in [0.5, 0.6) is 40.2 Å². The molecule has 4 heterocycles. The van der Waals surface area contributed by atoms with Crippen LogP contribution >= 0.6 is 0 Å². The number of ether oxygens (including phenoxy) is 8. The second-order valence-corrected chi connectivity index (χ2v) is 15.4. The third-order valence-electron chi connectivity index (χ3n) is 11.0. The van der Waals surface area contributed by atoms with Gasteiger partial charge in [-0.15, -0.1) is 0 Å². The normalized spacial score (nSPS) is 31.3. The van der Waals surface area contributed by atoms with Crippen molar-refractivity contribution >= 4 is 23.0 Å². The Kier molecular flexibility index (Phi) is 14.3. The van der Waals surface area contributed by atoms with E-state index in [9.17, 15) is 76.0 Å². The predicted molar refractivity (Wildman–Crippen MR) is 216 cm³/mol. The molecule has 24 nitrogen and oxygen atoms in total. The van der Waals surface area contributed by atoms with E-state index >= 15 is 0 Å². The van der Waals surface area contributed by atoms with Gasteiger partial charge in [-0.2, -0.15) is 0 Å². The number of aliphatic hydroxyl groups excluding tert-OH is 7. The molecule has 0 spiro atoms. The molecule has 66 heavy (non-hydrogen) atoms. The first-order valence-electron chi connectivity index (χ1n) is 19.9. The lowest BCUT2D eigenvalue weighted by Crippen LogP contribution is -2.64. The van der Waals surface area contributed by atoms with Crippen molar-refractivity contribution in [2.75, 3.05) is 33.5 Å². The first kappa shape index (κ1) is 48.1. The Labute approximate surface area is 371 Å². The molecule has 0 radical (unpaired) electrons. The lowest BCUT2D eigenvalue weighted by atomic mass is 9.97. The summed E-state index contributed by atoms with van der Waals surface area (Å²) >= 11 is 0. The van der Waals surface area contributed by atoms with E-state index in [1.54, 1.807) is 0 Å². The molecule has 24 heteroatoms. The van der Waals surface area contributed by atoms with Gasteiger partial charge in [0, 0.05) is 17.7 Å². The molecule has 0 aliphatic carbocycles. The molecule has 1 aromatic heterocycles. The number of hydrogen-bond acceptors (Lipinski definition) is 24. The van der Waals surface area contributed by atoms with Gasteiger partial charge in [-0.3, -0.25) is 4.79 Å². The number of carbonyl (C=O) groups is 1. The van der Waals surface area contributed by atoms with Gasteiger partial charge in [0.25, 0.3) is 0 Å². The number of benzene rings is 3. The zero-order chi connectivity index (χ0) is 47.8. The second kappa shape index (κ2) is 19.6. The molecule has 0 amide bonds. The highest BCUT2D eigenvalue weighted by Crippen LogP contribution is 2.45. The minimum atomic E-state index is -2.27. The van der Waals surface area contributed by atoms with Crippen LogP contribution in [0.4, 0.5) is 0 Å². The molecule has 7 rings (SSSR count). The molecular weight excluding hydrogens is 888 g/mol. The fourth-order valence-electron chi connectivity index (χ4n) is 7.34. The molecule has 3 aromatic carbocycles. The largest absolute Gasteiger partial charge is 0.508 e. The summed E-state index contributed by atoms with van der Waals surface area (Å²) in [4.78, 5) is 27.4. The van der Waals surface area contributed by atoms with Crippen molar-refractivity contribution in [2.24, 2.45) is 0 Å². The van der Waals surface area contributed by atoms with Gasteiger partial charge >= 0.3 is 5.97 Å². The van der Waals surface area contributed by atoms with Crippen molar-refractivity contribution in [1.29, 1.82) is 0 Å². The van der Waals surface area contributed by atoms with Crippen molar-refractivity contribution in [3.63, 3.8) is 0 Å². The zero-order valence-corrected chi connectivity index (χ0v) is 34.3. The summed E-state index contributed by atoms with van der Waals surface area (Å²) in [5, 5.41) is 137. The average Bonchev–Trinajstić information content (AvgIpc) is 3.58. The number of phenolic OH excluding ortho intramolecular Hbond substituents is 5. The van der Waals surface area contributed by atoms with E-state index in [1.165, 1.54) is 36.4 Å². The van der Waals surface area contributed by atoms with Crippen LogP contribution in [-0.2, 0) is 33.2 Å². The third-order valence-corrected chi connectivity index (χ3v) is 11.0. The number of carbonyl (C=O) groups excluding carboxylic acids is 1. The van der Waals surface area contributed by atoms with Crippen LogP contribution in [0, 0.1) is 0 Å². The molecule has 13 N–H and O–H groups in total. The van der Waals surface area contributed by atoms with E-state index in [-0.39, 0.29) is 11.3 Å². The van der Waals surface area contributed by atoms with Gasteiger partial charge in [-0.25, -0.2) is 4.79 Å². The van der Waals surface area contributed by atoms with Gasteiger partial charge in [0.1, 0.15) is 65.0 Å². The minimum Gasteiger partial charge on any atom is -0.508 e. The van der Waals surface area contributed by atoms with Crippen LogP contribution in [0.25, 0.3) is 28.4 Å². The molecule has 3 aliphatic rings. The quantitative estimate of drug-likeness (QED) is 0.0360. The molecule has 3 fully saturated rings. The second-order valence-electron chi connectivity index (χ2n) is 15.4. The van der Waals surface area contributed by atoms with Crippen molar-refractivity contribution in [2.45, 2.75) is 79.4 Å². The summed E-state index contributed by atoms with van der Waals surface area (Å²) in [6.07, 6.45) is -20.7. The number of aromatic hydroxyl groups is 5. The minimum absolute atomic E-state index is 0.0369. The smallest absolute Gasteiger partial charge is 0.331 e. The van der Waals surface area contributed by atoms with E-state index in [0.717, 1.165) is 31.4 Å². The Morgan fingerprint density at radius 1 is 0.803 bits per heavy atom. The summed E-state index contributed by atoms with van der Waals surface area (Å²) in [5.74, 6) is -6.01. The van der Waals surface area contributed by atoms with Crippen LogP contribution in [0.2, 0.25) is 0 Å². The van der Waals surface area contributed by atoms with Crippen LogP contribution in [0.15, 0.2) is 63.8 Å². The maximum Gasteiger partial charge on any atom is 0.331 e. The van der Waals surface area contributed by atoms with Gasteiger partial charge in [0.05, 0.1) is 33.5 Å². The lowest BCUT2D eigenvalue weighted by molar-refractivity contribution is -0.338. The standard InChI is InChI=1S/C42H46O24/c1-58-34-21(48)11-22-26(29(34)52)30(53)35(33(61-22)17-5-8-19(46)20(47)10-17)65-40-37(66-41-38(56)42(57,14-44)15-60-41)32(55)28(51)24(63-40)13-59-39-36(31(54)27(50)23(12-43)62-39)64-25(49)9-4-16-2-6-18(45)7-3-16/h2-11,23-24,27-28,31-32,36-41,43-48,50-52,54-57H,12-15H2,1H3. The van der Waals surface area contributed by atoms with Crippen LogP contribution < -0.4 is 14.9 Å². The van der Waals surface area contributed by atoms with Crippen molar-refractivity contribution < 1.29 is 113 Å². The van der Waals surface area contributed by atoms with Crippen LogP contribution in [0.3, 0.4) is 0 Å². The first-order valence-corrected chi connectivity index (χ1v) is 19.9. The Bertz CT molecular complexity index is 2460. The van der Waals surface area contributed by atoms with E-state index in [0.29, 0.717) is 5.56 Å². The number of phenols is 5. The Morgan fingerprint density at radius 2 is 1.48 bits per heavy atom. The highest BCUT2D eigenvalue weighted by atomic mass is 16.8. The van der Waals surface area contributed by atoms with Gasteiger partial charge in [0.15, 0.2) is 53.5 Å². The molecule has 0 saturated carbocycles. The Hall–Kier alpha value is -5.84. The summed E-state index contributed by atoms with van der Waals surface area (Å²) in [7, 11) is 1.07. The fourth-order valence-corrected chi connectivity index (χ4v) is 7.34. The summed E-state index contributed by atoms with van der Waals surface area (Å²) in [5.41, 5.74) is -3.64. The Balaban J connectivity index is 1.24. The van der Waals surface area contributed by atoms with Gasteiger partial charge in [0.2, 0.25) is 23.2 Å². The maximum atomic E-state index is 14.4. The van der Waals surface area contributed by atoms with Gasteiger partial charge in [-0.1, -0.05) is 12.1 Å². The molecular formula is C42H46O24. The van der Waals surface area contributed by atoms with Crippen molar-refractivity contribution in [3.05, 3.63) is 70.4 Å². The number of hydrogen-bond donors (Lipinski definition) is 13. The molecule has 0 bridgehead atoms.